The van der Waals surface area contributed by atoms with Gasteiger partial charge in [-0.2, -0.15) is 0 Å². The Kier molecular flexibility index (Phi) is 3.47. The van der Waals surface area contributed by atoms with Crippen molar-refractivity contribution in [2.24, 2.45) is 0 Å². The number of thiophene rings is 1. The summed E-state index contributed by atoms with van der Waals surface area (Å²) in [7, 11) is 0. The van der Waals surface area contributed by atoms with Crippen molar-refractivity contribution in [2.75, 3.05) is 0 Å². The second-order valence-electron chi connectivity index (χ2n) is 6.71. The molecule has 0 saturated carbocycles. The lowest BCUT2D eigenvalue weighted by Gasteiger charge is -2.35. The Hall–Kier alpha value is -2.84. The van der Waals surface area contributed by atoms with Crippen molar-refractivity contribution in [3.63, 3.8) is 0 Å². The second-order valence-corrected chi connectivity index (χ2v) is 7.66. The summed E-state index contributed by atoms with van der Waals surface area (Å²) in [4.78, 5) is 1.19. The average Bonchev–Trinajstić information content (AvgIpc) is 3.23. The molecule has 1 aliphatic heterocycles. The second kappa shape index (κ2) is 5.86. The third-order valence-corrected chi connectivity index (χ3v) is 6.04. The van der Waals surface area contributed by atoms with Gasteiger partial charge in [0.1, 0.15) is 5.75 Å². The summed E-state index contributed by atoms with van der Waals surface area (Å²) in [6.07, 6.45) is 4.43. The maximum atomic E-state index is 6.72. The lowest BCUT2D eigenvalue weighted by Crippen LogP contribution is -2.33. The van der Waals surface area contributed by atoms with Crippen molar-refractivity contribution in [2.45, 2.75) is 12.5 Å². The van der Waals surface area contributed by atoms with Crippen molar-refractivity contribution in [1.82, 2.24) is 0 Å². The van der Waals surface area contributed by atoms with E-state index in [9.17, 15) is 0 Å². The van der Waals surface area contributed by atoms with Gasteiger partial charge >= 0.3 is 0 Å². The summed E-state index contributed by atoms with van der Waals surface area (Å²) >= 11 is 1.73. The predicted molar refractivity (Wildman–Crippen MR) is 110 cm³/mol. The molecule has 0 N–H and O–H groups in total. The predicted octanol–water partition coefficient (Wildman–Crippen LogP) is 6.56. The van der Waals surface area contributed by atoms with E-state index in [1.165, 1.54) is 21.2 Å². The van der Waals surface area contributed by atoms with E-state index >= 15 is 0 Å². The van der Waals surface area contributed by atoms with Gasteiger partial charge in [-0.15, -0.1) is 11.3 Å². The molecule has 1 atom stereocenters. The fourth-order valence-electron chi connectivity index (χ4n) is 3.67. The molecule has 26 heavy (non-hydrogen) atoms. The number of benzene rings is 3. The summed E-state index contributed by atoms with van der Waals surface area (Å²) in [6.45, 7) is 2.11. The normalized spacial score (nSPS) is 18.5. The van der Waals surface area contributed by atoms with Crippen LogP contribution in [0.5, 0.6) is 5.75 Å². The van der Waals surface area contributed by atoms with Gasteiger partial charge in [0.25, 0.3) is 0 Å². The van der Waals surface area contributed by atoms with Crippen LogP contribution in [-0.2, 0) is 5.60 Å². The minimum atomic E-state index is -0.572. The molecule has 1 unspecified atom stereocenters. The van der Waals surface area contributed by atoms with Crippen LogP contribution < -0.4 is 4.74 Å². The summed E-state index contributed by atoms with van der Waals surface area (Å²) in [5.74, 6) is 0.931. The van der Waals surface area contributed by atoms with Crippen LogP contribution in [0.15, 0.2) is 84.3 Å². The minimum Gasteiger partial charge on any atom is -0.472 e. The zero-order chi connectivity index (χ0) is 17.6. The van der Waals surface area contributed by atoms with Crippen LogP contribution in [0, 0.1) is 6.92 Å². The Labute approximate surface area is 157 Å². The average molecular weight is 354 g/mol. The van der Waals surface area contributed by atoms with Gasteiger partial charge in [-0.3, -0.25) is 0 Å². The number of rotatable bonds is 2. The van der Waals surface area contributed by atoms with Gasteiger partial charge in [0, 0.05) is 11.1 Å². The smallest absolute Gasteiger partial charge is 0.187 e. The molecule has 5 rings (SSSR count). The monoisotopic (exact) mass is 354 g/mol. The molecule has 2 heteroatoms. The summed E-state index contributed by atoms with van der Waals surface area (Å²) < 4.78 is 6.72. The van der Waals surface area contributed by atoms with Crippen molar-refractivity contribution < 1.29 is 4.74 Å². The summed E-state index contributed by atoms with van der Waals surface area (Å²) in [5, 5.41) is 4.57. The van der Waals surface area contributed by atoms with Crippen molar-refractivity contribution in [3.8, 4) is 5.75 Å². The first-order chi connectivity index (χ1) is 12.8. The Balaban J connectivity index is 1.73. The highest BCUT2D eigenvalue weighted by Gasteiger charge is 2.38. The van der Waals surface area contributed by atoms with Crippen LogP contribution in [0.2, 0.25) is 0 Å². The Morgan fingerprint density at radius 1 is 0.846 bits per heavy atom. The number of ether oxygens (including phenoxy) is 1. The summed E-state index contributed by atoms with van der Waals surface area (Å²) in [5.41, 5.74) is 2.99. The molecule has 1 nitrogen and oxygen atoms in total. The number of fused-ring (bicyclic) bond motifs is 3. The standard InChI is InChI=1S/C24H18OS/c1-17-8-11-19(12-9-17)24(23-7-4-16-26-23)15-14-21-20-6-3-2-5-18(20)10-13-22(21)25-24/h2-16H,1H3. The van der Waals surface area contributed by atoms with Gasteiger partial charge in [0.15, 0.2) is 5.60 Å². The lowest BCUT2D eigenvalue weighted by molar-refractivity contribution is 0.165. The van der Waals surface area contributed by atoms with E-state index in [0.717, 1.165) is 16.9 Å². The third-order valence-electron chi connectivity index (χ3n) is 5.05. The maximum absolute atomic E-state index is 6.72. The van der Waals surface area contributed by atoms with Crippen molar-refractivity contribution >= 4 is 28.2 Å². The summed E-state index contributed by atoms with van der Waals surface area (Å²) in [6, 6.07) is 25.6. The molecule has 0 saturated heterocycles. The van der Waals surface area contributed by atoms with Gasteiger partial charge in [0.05, 0.1) is 4.88 Å². The Bertz CT molecular complexity index is 1110. The van der Waals surface area contributed by atoms with Gasteiger partial charge in [0.2, 0.25) is 0 Å². The molecular formula is C24H18OS. The molecule has 0 spiro atoms. The quantitative estimate of drug-likeness (QED) is 0.396. The SMILES string of the molecule is Cc1ccc(C2(c3cccs3)C=Cc3c(ccc4ccccc34)O2)cc1. The fourth-order valence-corrected chi connectivity index (χ4v) is 4.53. The van der Waals surface area contributed by atoms with E-state index in [1.54, 1.807) is 11.3 Å². The zero-order valence-electron chi connectivity index (χ0n) is 14.5. The van der Waals surface area contributed by atoms with E-state index in [1.807, 2.05) is 0 Å². The zero-order valence-corrected chi connectivity index (χ0v) is 15.3. The molecule has 0 amide bonds. The molecule has 1 aliphatic rings. The highest BCUT2D eigenvalue weighted by atomic mass is 32.1. The van der Waals surface area contributed by atoms with E-state index in [-0.39, 0.29) is 0 Å². The van der Waals surface area contributed by atoms with E-state index in [4.69, 9.17) is 4.74 Å². The van der Waals surface area contributed by atoms with Crippen molar-refractivity contribution in [3.05, 3.63) is 106 Å². The van der Waals surface area contributed by atoms with Crippen molar-refractivity contribution in [1.29, 1.82) is 0 Å². The largest absolute Gasteiger partial charge is 0.472 e. The van der Waals surface area contributed by atoms with Crippen LogP contribution in [0.4, 0.5) is 0 Å². The van der Waals surface area contributed by atoms with Gasteiger partial charge in [-0.1, -0.05) is 66.2 Å². The van der Waals surface area contributed by atoms with E-state index < -0.39 is 5.60 Å². The van der Waals surface area contributed by atoms with Crippen LogP contribution in [0.1, 0.15) is 21.6 Å². The van der Waals surface area contributed by atoms with Crippen LogP contribution in [0.3, 0.4) is 0 Å². The van der Waals surface area contributed by atoms with Gasteiger partial charge in [-0.25, -0.2) is 0 Å². The van der Waals surface area contributed by atoms with Crippen LogP contribution in [0.25, 0.3) is 16.8 Å². The van der Waals surface area contributed by atoms with Gasteiger partial charge in [-0.05, 0) is 47.4 Å². The molecule has 0 aliphatic carbocycles. The minimum absolute atomic E-state index is 0.572. The lowest BCUT2D eigenvalue weighted by atomic mass is 9.87. The molecule has 0 radical (unpaired) electrons. The molecule has 1 aromatic heterocycles. The fraction of sp³-hybridized carbons (Fsp3) is 0.0833. The topological polar surface area (TPSA) is 9.23 Å². The van der Waals surface area contributed by atoms with E-state index in [2.05, 4.69) is 97.3 Å². The van der Waals surface area contributed by atoms with Gasteiger partial charge < -0.3 is 4.74 Å². The van der Waals surface area contributed by atoms with Crippen LogP contribution in [-0.4, -0.2) is 0 Å². The van der Waals surface area contributed by atoms with E-state index in [0.29, 0.717) is 0 Å². The molecular weight excluding hydrogens is 336 g/mol. The molecule has 2 heterocycles. The highest BCUT2D eigenvalue weighted by molar-refractivity contribution is 7.10. The first-order valence-electron chi connectivity index (χ1n) is 8.77. The maximum Gasteiger partial charge on any atom is 0.187 e. The van der Waals surface area contributed by atoms with Crippen LogP contribution >= 0.6 is 11.3 Å². The molecule has 4 aromatic rings. The Morgan fingerprint density at radius 2 is 1.69 bits per heavy atom. The molecule has 126 valence electrons. The molecule has 0 bridgehead atoms. The first kappa shape index (κ1) is 15.4. The number of hydrogen-bond donors (Lipinski definition) is 0. The number of aryl methyl sites for hydroxylation is 1. The third kappa shape index (κ3) is 2.30. The molecule has 0 fully saturated rings. The highest BCUT2D eigenvalue weighted by Crippen LogP contribution is 2.45. The Morgan fingerprint density at radius 3 is 2.50 bits per heavy atom. The number of hydrogen-bond acceptors (Lipinski definition) is 2. The first-order valence-corrected chi connectivity index (χ1v) is 9.65. The molecule has 3 aromatic carbocycles.